The number of thiazole rings is 1. The van der Waals surface area contributed by atoms with Crippen LogP contribution in [0.3, 0.4) is 0 Å². The number of benzene rings is 1. The van der Waals surface area contributed by atoms with Crippen molar-refractivity contribution in [3.8, 4) is 0 Å². The fourth-order valence-corrected chi connectivity index (χ4v) is 2.38. The maximum Gasteiger partial charge on any atom is 0.276 e. The average molecular weight is 291 g/mol. The van der Waals surface area contributed by atoms with Gasteiger partial charge in [-0.05, 0) is 30.3 Å². The van der Waals surface area contributed by atoms with Crippen molar-refractivity contribution in [2.24, 2.45) is 0 Å². The number of nitrogens with zero attached hydrogens (tertiary/aromatic N) is 3. The van der Waals surface area contributed by atoms with Crippen LogP contribution in [0.15, 0.2) is 35.8 Å². The molecule has 19 heavy (non-hydrogen) atoms. The lowest BCUT2D eigenvalue weighted by Gasteiger charge is -2.03. The molecule has 0 unspecified atom stereocenters. The Morgan fingerprint density at radius 3 is 2.89 bits per heavy atom. The first-order chi connectivity index (χ1) is 9.22. The van der Waals surface area contributed by atoms with Gasteiger partial charge in [-0.3, -0.25) is 4.79 Å². The molecule has 3 aromatic rings. The molecule has 0 aliphatic carbocycles. The second-order valence-corrected chi connectivity index (χ2v) is 5.00. The quantitative estimate of drug-likeness (QED) is 0.788. The highest BCUT2D eigenvalue weighted by molar-refractivity contribution is 7.16. The Morgan fingerprint density at radius 2 is 2.11 bits per heavy atom. The van der Waals surface area contributed by atoms with Crippen LogP contribution in [0.2, 0.25) is 5.15 Å². The molecule has 2 heterocycles. The van der Waals surface area contributed by atoms with Gasteiger partial charge in [-0.1, -0.05) is 11.6 Å². The number of halogens is 1. The fourth-order valence-electron chi connectivity index (χ4n) is 1.57. The van der Waals surface area contributed by atoms with E-state index in [9.17, 15) is 4.79 Å². The lowest BCUT2D eigenvalue weighted by molar-refractivity contribution is 0.102. The molecule has 7 heteroatoms. The largest absolute Gasteiger partial charge is 0.321 e. The number of hydrogen-bond acceptors (Lipinski definition) is 5. The zero-order valence-electron chi connectivity index (χ0n) is 9.50. The summed E-state index contributed by atoms with van der Waals surface area (Å²) in [6.45, 7) is 0. The van der Waals surface area contributed by atoms with Gasteiger partial charge in [0.1, 0.15) is 0 Å². The number of amides is 1. The van der Waals surface area contributed by atoms with Gasteiger partial charge in [-0.15, -0.1) is 21.5 Å². The van der Waals surface area contributed by atoms with Crippen LogP contribution in [-0.4, -0.2) is 21.1 Å². The minimum Gasteiger partial charge on any atom is -0.321 e. The van der Waals surface area contributed by atoms with Crippen molar-refractivity contribution in [3.63, 3.8) is 0 Å². The van der Waals surface area contributed by atoms with Gasteiger partial charge in [-0.2, -0.15) is 0 Å². The lowest BCUT2D eigenvalue weighted by atomic mass is 10.3. The molecule has 94 valence electrons. The van der Waals surface area contributed by atoms with Crippen molar-refractivity contribution in [1.29, 1.82) is 0 Å². The molecule has 1 amide bonds. The van der Waals surface area contributed by atoms with E-state index in [1.807, 2.05) is 12.1 Å². The van der Waals surface area contributed by atoms with Crippen LogP contribution in [0, 0.1) is 0 Å². The Balaban J connectivity index is 1.83. The van der Waals surface area contributed by atoms with Crippen LogP contribution in [0.5, 0.6) is 0 Å². The van der Waals surface area contributed by atoms with Gasteiger partial charge in [0.25, 0.3) is 5.91 Å². The monoisotopic (exact) mass is 290 g/mol. The number of hydrogen-bond donors (Lipinski definition) is 1. The summed E-state index contributed by atoms with van der Waals surface area (Å²) in [5.41, 5.74) is 3.59. The van der Waals surface area contributed by atoms with Gasteiger partial charge in [0.15, 0.2) is 10.8 Å². The number of aromatic nitrogens is 3. The maximum absolute atomic E-state index is 11.9. The molecule has 1 aromatic carbocycles. The first kappa shape index (κ1) is 12.0. The molecule has 5 nitrogen and oxygen atoms in total. The predicted molar refractivity (Wildman–Crippen MR) is 74.6 cm³/mol. The van der Waals surface area contributed by atoms with Crippen molar-refractivity contribution >= 4 is 44.7 Å². The number of carbonyl (C=O) groups excluding carboxylic acids is 1. The summed E-state index contributed by atoms with van der Waals surface area (Å²) < 4.78 is 1.01. The molecule has 0 spiro atoms. The van der Waals surface area contributed by atoms with Crippen molar-refractivity contribution in [2.75, 3.05) is 5.32 Å². The van der Waals surface area contributed by atoms with E-state index in [2.05, 4.69) is 20.5 Å². The fraction of sp³-hybridized carbons (Fsp3) is 0. The number of nitrogens with one attached hydrogen (secondary N) is 1. The molecular weight excluding hydrogens is 284 g/mol. The standard InChI is InChI=1S/C12H7ClN4OS/c13-11-4-3-9(16-17-11)12(18)15-7-1-2-8-10(5-7)19-6-14-8/h1-6H,(H,15,18). The van der Waals surface area contributed by atoms with Crippen LogP contribution in [0.25, 0.3) is 10.2 Å². The van der Waals surface area contributed by atoms with Crippen LogP contribution in [0.1, 0.15) is 10.5 Å². The molecule has 2 aromatic heterocycles. The van der Waals surface area contributed by atoms with Crippen molar-refractivity contribution in [1.82, 2.24) is 15.2 Å². The predicted octanol–water partition coefficient (Wildman–Crippen LogP) is 2.99. The number of carbonyl (C=O) groups is 1. The zero-order valence-corrected chi connectivity index (χ0v) is 11.1. The average Bonchev–Trinajstić information content (AvgIpc) is 2.87. The van der Waals surface area contributed by atoms with Crippen LogP contribution >= 0.6 is 22.9 Å². The second-order valence-electron chi connectivity index (χ2n) is 3.73. The Kier molecular flexibility index (Phi) is 3.10. The highest BCUT2D eigenvalue weighted by Crippen LogP contribution is 2.22. The molecule has 0 fully saturated rings. The Labute approximate surface area is 117 Å². The van der Waals surface area contributed by atoms with E-state index in [0.29, 0.717) is 5.69 Å². The lowest BCUT2D eigenvalue weighted by Crippen LogP contribution is -2.14. The maximum atomic E-state index is 11.9. The Hall–Kier alpha value is -2.05. The molecule has 0 saturated carbocycles. The zero-order chi connectivity index (χ0) is 13.2. The number of anilines is 1. The van der Waals surface area contributed by atoms with Gasteiger partial charge in [0, 0.05) is 5.69 Å². The van der Waals surface area contributed by atoms with Crippen LogP contribution in [-0.2, 0) is 0 Å². The molecule has 0 radical (unpaired) electrons. The third-order valence-corrected chi connectivity index (χ3v) is 3.45. The first-order valence-electron chi connectivity index (χ1n) is 5.36. The molecular formula is C12H7ClN4OS. The van der Waals surface area contributed by atoms with E-state index < -0.39 is 0 Å². The summed E-state index contributed by atoms with van der Waals surface area (Å²) in [6.07, 6.45) is 0. The van der Waals surface area contributed by atoms with Crippen LogP contribution in [0.4, 0.5) is 5.69 Å². The SMILES string of the molecule is O=C(Nc1ccc2ncsc2c1)c1ccc(Cl)nn1. The minimum atomic E-state index is -0.326. The molecule has 3 rings (SSSR count). The highest BCUT2D eigenvalue weighted by atomic mass is 35.5. The van der Waals surface area contributed by atoms with Gasteiger partial charge in [0.2, 0.25) is 0 Å². The molecule has 1 N–H and O–H groups in total. The van der Waals surface area contributed by atoms with Gasteiger partial charge >= 0.3 is 0 Å². The Bertz CT molecular complexity index is 741. The molecule has 0 aliphatic heterocycles. The van der Waals surface area contributed by atoms with Gasteiger partial charge in [-0.25, -0.2) is 4.98 Å². The minimum absolute atomic E-state index is 0.216. The van der Waals surface area contributed by atoms with E-state index in [1.54, 1.807) is 11.6 Å². The van der Waals surface area contributed by atoms with Gasteiger partial charge < -0.3 is 5.32 Å². The first-order valence-corrected chi connectivity index (χ1v) is 6.62. The molecule has 0 aliphatic rings. The van der Waals surface area contributed by atoms with E-state index in [-0.39, 0.29) is 16.8 Å². The molecule has 0 saturated heterocycles. The van der Waals surface area contributed by atoms with E-state index in [1.165, 1.54) is 23.5 Å². The third-order valence-electron chi connectivity index (χ3n) is 2.45. The summed E-state index contributed by atoms with van der Waals surface area (Å²) in [5, 5.41) is 10.4. The topological polar surface area (TPSA) is 67.8 Å². The van der Waals surface area contributed by atoms with E-state index in [0.717, 1.165) is 10.2 Å². The summed E-state index contributed by atoms with van der Waals surface area (Å²) in [7, 11) is 0. The Morgan fingerprint density at radius 1 is 1.21 bits per heavy atom. The van der Waals surface area contributed by atoms with Gasteiger partial charge in [0.05, 0.1) is 15.7 Å². The van der Waals surface area contributed by atoms with E-state index >= 15 is 0 Å². The highest BCUT2D eigenvalue weighted by Gasteiger charge is 2.09. The molecule has 0 bridgehead atoms. The third kappa shape index (κ3) is 2.54. The van der Waals surface area contributed by atoms with E-state index in [4.69, 9.17) is 11.6 Å². The number of rotatable bonds is 2. The van der Waals surface area contributed by atoms with Crippen molar-refractivity contribution in [2.45, 2.75) is 0 Å². The van der Waals surface area contributed by atoms with Crippen LogP contribution < -0.4 is 5.32 Å². The second kappa shape index (κ2) is 4.91. The van der Waals surface area contributed by atoms with Crippen molar-refractivity contribution in [3.05, 3.63) is 46.7 Å². The smallest absolute Gasteiger partial charge is 0.276 e. The van der Waals surface area contributed by atoms with Crippen molar-refractivity contribution < 1.29 is 4.79 Å². The normalized spacial score (nSPS) is 10.6. The summed E-state index contributed by atoms with van der Waals surface area (Å²) in [4.78, 5) is 16.1. The number of fused-ring (bicyclic) bond motifs is 1. The summed E-state index contributed by atoms with van der Waals surface area (Å²) in [5.74, 6) is -0.326. The summed E-state index contributed by atoms with van der Waals surface area (Å²) in [6, 6.07) is 8.57. The molecule has 0 atom stereocenters. The summed E-state index contributed by atoms with van der Waals surface area (Å²) >= 11 is 7.14.